The number of aliphatic carboxylic acids is 1. The average Bonchev–Trinajstić information content (AvgIpc) is 3.03. The molecular weight excluding hydrogens is 412 g/mol. The molecule has 32 heavy (non-hydrogen) atoms. The summed E-state index contributed by atoms with van der Waals surface area (Å²) in [6.07, 6.45) is 0. The molecule has 0 fully saturated rings. The van der Waals surface area contributed by atoms with Crippen LogP contribution in [0.5, 0.6) is 5.75 Å². The molecule has 0 bridgehead atoms. The van der Waals surface area contributed by atoms with Gasteiger partial charge in [0, 0.05) is 17.3 Å². The molecule has 0 spiro atoms. The quantitative estimate of drug-likeness (QED) is 0.579. The molecule has 1 heterocycles. The molecule has 160 valence electrons. The van der Waals surface area contributed by atoms with E-state index < -0.39 is 30.3 Å². The van der Waals surface area contributed by atoms with Crippen LogP contribution >= 0.6 is 0 Å². The second-order valence-corrected chi connectivity index (χ2v) is 7.16. The van der Waals surface area contributed by atoms with Crippen LogP contribution in [0.1, 0.15) is 36.6 Å². The molecule has 0 aromatic heterocycles. The van der Waals surface area contributed by atoms with Crippen LogP contribution in [0.15, 0.2) is 66.7 Å². The standard InChI is InChI=1S/C24H18N2O6/c1-14-9-10-15(22(29)25-16-5-4-6-17(12-16)32-13-21(27)28)11-20(14)26-23(30)18-7-2-3-8-19(18)24(26)31/h2-12H,13H2,1H3,(H,25,29)(H,27,28). The van der Waals surface area contributed by atoms with Gasteiger partial charge in [-0.15, -0.1) is 0 Å². The zero-order valence-electron chi connectivity index (χ0n) is 17.0. The fraction of sp³-hybridized carbons (Fsp3) is 0.0833. The van der Waals surface area contributed by atoms with E-state index in [0.717, 1.165) is 4.90 Å². The maximum absolute atomic E-state index is 12.8. The van der Waals surface area contributed by atoms with E-state index >= 15 is 0 Å². The van der Waals surface area contributed by atoms with Gasteiger partial charge in [0.15, 0.2) is 6.61 Å². The Hall–Kier alpha value is -4.46. The maximum atomic E-state index is 12.8. The summed E-state index contributed by atoms with van der Waals surface area (Å²) in [6, 6.07) is 17.7. The summed E-state index contributed by atoms with van der Waals surface area (Å²) in [5.41, 5.74) is 2.30. The predicted octanol–water partition coefficient (Wildman–Crippen LogP) is 3.51. The molecule has 3 amide bonds. The van der Waals surface area contributed by atoms with Gasteiger partial charge >= 0.3 is 5.97 Å². The number of fused-ring (bicyclic) bond motifs is 1. The minimum Gasteiger partial charge on any atom is -0.482 e. The lowest BCUT2D eigenvalue weighted by molar-refractivity contribution is -0.139. The van der Waals surface area contributed by atoms with Crippen LogP contribution in [0.4, 0.5) is 11.4 Å². The third-order valence-electron chi connectivity index (χ3n) is 4.96. The van der Waals surface area contributed by atoms with Crippen molar-refractivity contribution >= 4 is 35.1 Å². The highest BCUT2D eigenvalue weighted by Gasteiger charge is 2.37. The van der Waals surface area contributed by atoms with E-state index in [1.165, 1.54) is 12.1 Å². The number of nitrogens with one attached hydrogen (secondary N) is 1. The van der Waals surface area contributed by atoms with E-state index in [-0.39, 0.29) is 5.56 Å². The highest BCUT2D eigenvalue weighted by Crippen LogP contribution is 2.31. The van der Waals surface area contributed by atoms with Crippen molar-refractivity contribution in [2.24, 2.45) is 0 Å². The number of imide groups is 1. The smallest absolute Gasteiger partial charge is 0.341 e. The van der Waals surface area contributed by atoms with Crippen molar-refractivity contribution in [3.8, 4) is 5.75 Å². The van der Waals surface area contributed by atoms with Crippen molar-refractivity contribution in [3.05, 3.63) is 89.0 Å². The molecule has 4 rings (SSSR count). The predicted molar refractivity (Wildman–Crippen MR) is 116 cm³/mol. The van der Waals surface area contributed by atoms with Gasteiger partial charge in [0.25, 0.3) is 17.7 Å². The monoisotopic (exact) mass is 430 g/mol. The fourth-order valence-electron chi connectivity index (χ4n) is 3.41. The van der Waals surface area contributed by atoms with Gasteiger partial charge in [0.05, 0.1) is 16.8 Å². The van der Waals surface area contributed by atoms with E-state index in [1.807, 2.05) is 0 Å². The number of benzene rings is 3. The number of aryl methyl sites for hydroxylation is 1. The van der Waals surface area contributed by atoms with Crippen LogP contribution in [0.3, 0.4) is 0 Å². The summed E-state index contributed by atoms with van der Waals surface area (Å²) in [6.45, 7) is 1.25. The van der Waals surface area contributed by atoms with Crippen molar-refractivity contribution in [2.45, 2.75) is 6.92 Å². The number of amides is 3. The highest BCUT2D eigenvalue weighted by molar-refractivity contribution is 6.34. The number of anilines is 2. The molecule has 0 aliphatic carbocycles. The number of hydrogen-bond acceptors (Lipinski definition) is 5. The topological polar surface area (TPSA) is 113 Å². The van der Waals surface area contributed by atoms with E-state index in [9.17, 15) is 19.2 Å². The first-order valence-corrected chi connectivity index (χ1v) is 9.69. The molecule has 0 saturated carbocycles. The molecule has 1 aliphatic rings. The number of nitrogens with zero attached hydrogens (tertiary/aromatic N) is 1. The Morgan fingerprint density at radius 2 is 1.62 bits per heavy atom. The van der Waals surface area contributed by atoms with Gasteiger partial charge in [-0.1, -0.05) is 24.3 Å². The summed E-state index contributed by atoms with van der Waals surface area (Å²) < 4.78 is 5.12. The first kappa shape index (κ1) is 20.8. The summed E-state index contributed by atoms with van der Waals surface area (Å²) >= 11 is 0. The molecular formula is C24H18N2O6. The molecule has 1 aliphatic heterocycles. The number of hydrogen-bond donors (Lipinski definition) is 2. The number of carboxylic acid groups (broad SMARTS) is 1. The fourth-order valence-corrected chi connectivity index (χ4v) is 3.41. The molecule has 3 aromatic rings. The van der Waals surface area contributed by atoms with Gasteiger partial charge in [-0.3, -0.25) is 14.4 Å². The molecule has 0 atom stereocenters. The summed E-state index contributed by atoms with van der Waals surface area (Å²) in [4.78, 5) is 50.2. The lowest BCUT2D eigenvalue weighted by Gasteiger charge is -2.18. The Bertz CT molecular complexity index is 1230. The lowest BCUT2D eigenvalue weighted by Crippen LogP contribution is -2.30. The maximum Gasteiger partial charge on any atom is 0.341 e. The molecule has 0 radical (unpaired) electrons. The van der Waals surface area contributed by atoms with E-state index in [0.29, 0.717) is 33.8 Å². The Kier molecular flexibility index (Phi) is 5.43. The van der Waals surface area contributed by atoms with Crippen molar-refractivity contribution < 1.29 is 29.0 Å². The van der Waals surface area contributed by atoms with Crippen LogP contribution in [-0.4, -0.2) is 35.4 Å². The van der Waals surface area contributed by atoms with Crippen molar-refractivity contribution in [1.29, 1.82) is 0 Å². The van der Waals surface area contributed by atoms with Crippen LogP contribution < -0.4 is 15.0 Å². The summed E-state index contributed by atoms with van der Waals surface area (Å²) in [7, 11) is 0. The Morgan fingerprint density at radius 3 is 2.28 bits per heavy atom. The molecule has 8 nitrogen and oxygen atoms in total. The minimum atomic E-state index is -1.11. The third kappa shape index (κ3) is 3.93. The molecule has 0 unspecified atom stereocenters. The lowest BCUT2D eigenvalue weighted by atomic mass is 10.1. The minimum absolute atomic E-state index is 0.249. The number of ether oxygens (including phenoxy) is 1. The Labute approximate surface area is 183 Å². The molecule has 2 N–H and O–H groups in total. The third-order valence-corrected chi connectivity index (χ3v) is 4.96. The number of carbonyl (C=O) groups excluding carboxylic acids is 3. The van der Waals surface area contributed by atoms with Gasteiger partial charge in [-0.2, -0.15) is 0 Å². The summed E-state index contributed by atoms with van der Waals surface area (Å²) in [5, 5.41) is 11.4. The summed E-state index contributed by atoms with van der Waals surface area (Å²) in [5.74, 6) is -2.15. The second-order valence-electron chi connectivity index (χ2n) is 7.16. The van der Waals surface area contributed by atoms with Crippen LogP contribution in [0.2, 0.25) is 0 Å². The first-order valence-electron chi connectivity index (χ1n) is 9.69. The van der Waals surface area contributed by atoms with Gasteiger partial charge in [-0.05, 0) is 48.9 Å². The highest BCUT2D eigenvalue weighted by atomic mass is 16.5. The zero-order chi connectivity index (χ0) is 22.8. The van der Waals surface area contributed by atoms with E-state index in [4.69, 9.17) is 9.84 Å². The molecule has 0 saturated heterocycles. The van der Waals surface area contributed by atoms with Crippen LogP contribution in [0.25, 0.3) is 0 Å². The second kappa shape index (κ2) is 8.35. The van der Waals surface area contributed by atoms with Crippen LogP contribution in [-0.2, 0) is 4.79 Å². The number of carbonyl (C=O) groups is 4. The first-order chi connectivity index (χ1) is 15.3. The van der Waals surface area contributed by atoms with Gasteiger partial charge in [-0.25, -0.2) is 9.69 Å². The molecule has 8 heteroatoms. The van der Waals surface area contributed by atoms with Crippen molar-refractivity contribution in [1.82, 2.24) is 0 Å². The largest absolute Gasteiger partial charge is 0.482 e. The number of carboxylic acids is 1. The van der Waals surface area contributed by atoms with Crippen molar-refractivity contribution in [2.75, 3.05) is 16.8 Å². The zero-order valence-corrected chi connectivity index (χ0v) is 17.0. The van der Waals surface area contributed by atoms with Gasteiger partial charge in [0.1, 0.15) is 5.75 Å². The Morgan fingerprint density at radius 1 is 0.938 bits per heavy atom. The van der Waals surface area contributed by atoms with Crippen LogP contribution in [0, 0.1) is 6.92 Å². The van der Waals surface area contributed by atoms with E-state index in [2.05, 4.69) is 5.32 Å². The van der Waals surface area contributed by atoms with Crippen molar-refractivity contribution in [3.63, 3.8) is 0 Å². The van der Waals surface area contributed by atoms with Gasteiger partial charge < -0.3 is 15.2 Å². The number of rotatable bonds is 6. The van der Waals surface area contributed by atoms with E-state index in [1.54, 1.807) is 61.5 Å². The SMILES string of the molecule is Cc1ccc(C(=O)Nc2cccc(OCC(=O)O)c2)cc1N1C(=O)c2ccccc2C1=O. The molecule has 3 aromatic carbocycles. The Balaban J connectivity index is 1.58. The average molecular weight is 430 g/mol. The normalized spacial score (nSPS) is 12.5. The van der Waals surface area contributed by atoms with Gasteiger partial charge in [0.2, 0.25) is 0 Å².